The molecule has 1 saturated heterocycles. The summed E-state index contributed by atoms with van der Waals surface area (Å²) in [5.41, 5.74) is 0.689. The number of nitrogens with zero attached hydrogens (tertiary/aromatic N) is 3. The SMILES string of the molecule is CC(C)(C)OC(=O)N1CCCC1c1nc2ccc([N+](=O)[O-])cc2[nH]1. The van der Waals surface area contributed by atoms with E-state index in [0.29, 0.717) is 23.4 Å². The lowest BCUT2D eigenvalue weighted by Gasteiger charge is -2.27. The van der Waals surface area contributed by atoms with E-state index < -0.39 is 10.5 Å². The monoisotopic (exact) mass is 332 g/mol. The van der Waals surface area contributed by atoms with Gasteiger partial charge in [0.1, 0.15) is 11.4 Å². The van der Waals surface area contributed by atoms with E-state index in [1.54, 1.807) is 11.0 Å². The van der Waals surface area contributed by atoms with Crippen LogP contribution < -0.4 is 0 Å². The average Bonchev–Trinajstić information content (AvgIpc) is 3.10. The van der Waals surface area contributed by atoms with Gasteiger partial charge < -0.3 is 9.72 Å². The number of nitro benzene ring substituents is 1. The smallest absolute Gasteiger partial charge is 0.410 e. The molecule has 1 aromatic heterocycles. The van der Waals surface area contributed by atoms with Crippen molar-refractivity contribution in [2.45, 2.75) is 45.3 Å². The number of aromatic amines is 1. The molecule has 8 nitrogen and oxygen atoms in total. The maximum Gasteiger partial charge on any atom is 0.410 e. The van der Waals surface area contributed by atoms with Gasteiger partial charge in [-0.3, -0.25) is 15.0 Å². The molecule has 0 radical (unpaired) electrons. The summed E-state index contributed by atoms with van der Waals surface area (Å²) in [6.07, 6.45) is 1.28. The molecule has 2 heterocycles. The van der Waals surface area contributed by atoms with Crippen LogP contribution in [0.5, 0.6) is 0 Å². The Morgan fingerprint density at radius 3 is 2.88 bits per heavy atom. The largest absolute Gasteiger partial charge is 0.444 e. The van der Waals surface area contributed by atoms with E-state index in [-0.39, 0.29) is 17.8 Å². The molecule has 2 aromatic rings. The number of non-ortho nitro benzene ring substituents is 1. The van der Waals surface area contributed by atoms with Gasteiger partial charge in [0, 0.05) is 18.7 Å². The van der Waals surface area contributed by atoms with Gasteiger partial charge in [0.2, 0.25) is 0 Å². The van der Waals surface area contributed by atoms with Gasteiger partial charge in [-0.25, -0.2) is 9.78 Å². The first-order valence-corrected chi connectivity index (χ1v) is 7.88. The van der Waals surface area contributed by atoms with Crippen molar-refractivity contribution in [1.82, 2.24) is 14.9 Å². The number of amides is 1. The summed E-state index contributed by atoms with van der Waals surface area (Å²) in [4.78, 5) is 32.1. The van der Waals surface area contributed by atoms with Gasteiger partial charge in [-0.2, -0.15) is 0 Å². The van der Waals surface area contributed by atoms with Gasteiger partial charge in [0.15, 0.2) is 0 Å². The zero-order valence-electron chi connectivity index (χ0n) is 13.9. The molecule has 3 rings (SSSR count). The number of hydrogen-bond acceptors (Lipinski definition) is 5. The Labute approximate surface area is 139 Å². The van der Waals surface area contributed by atoms with Crippen LogP contribution in [0.1, 0.15) is 45.5 Å². The normalized spacial score (nSPS) is 18.1. The molecule has 1 aromatic carbocycles. The number of nitro groups is 1. The number of H-pyrrole nitrogens is 1. The summed E-state index contributed by atoms with van der Waals surface area (Å²) >= 11 is 0. The summed E-state index contributed by atoms with van der Waals surface area (Å²) in [6.45, 7) is 6.10. The van der Waals surface area contributed by atoms with Crippen LogP contribution in [0.15, 0.2) is 18.2 Å². The van der Waals surface area contributed by atoms with Crippen molar-refractivity contribution in [1.29, 1.82) is 0 Å². The second kappa shape index (κ2) is 5.77. The second-order valence-electron chi connectivity index (χ2n) is 6.91. The molecule has 0 spiro atoms. The molecule has 0 saturated carbocycles. The number of rotatable bonds is 2. The van der Waals surface area contributed by atoms with Gasteiger partial charge >= 0.3 is 6.09 Å². The van der Waals surface area contributed by atoms with Gasteiger partial charge in [0.05, 0.1) is 22.0 Å². The molecule has 1 atom stereocenters. The summed E-state index contributed by atoms with van der Waals surface area (Å²) in [6, 6.07) is 4.29. The van der Waals surface area contributed by atoms with E-state index in [4.69, 9.17) is 4.74 Å². The molecule has 1 amide bonds. The zero-order valence-corrected chi connectivity index (χ0v) is 13.9. The third-order valence-corrected chi connectivity index (χ3v) is 3.89. The molecule has 0 bridgehead atoms. The topological polar surface area (TPSA) is 101 Å². The van der Waals surface area contributed by atoms with E-state index in [1.807, 2.05) is 20.8 Å². The molecule has 24 heavy (non-hydrogen) atoms. The van der Waals surface area contributed by atoms with Crippen LogP contribution in [0.25, 0.3) is 11.0 Å². The Morgan fingerprint density at radius 2 is 2.21 bits per heavy atom. The summed E-state index contributed by atoms with van der Waals surface area (Å²) in [5, 5.41) is 10.9. The van der Waals surface area contributed by atoms with Crippen LogP contribution in [-0.2, 0) is 4.74 Å². The zero-order chi connectivity index (χ0) is 17.5. The van der Waals surface area contributed by atoms with Crippen molar-refractivity contribution in [3.8, 4) is 0 Å². The van der Waals surface area contributed by atoms with E-state index in [1.165, 1.54) is 12.1 Å². The highest BCUT2D eigenvalue weighted by atomic mass is 16.6. The molecule has 1 aliphatic heterocycles. The lowest BCUT2D eigenvalue weighted by atomic mass is 10.2. The van der Waals surface area contributed by atoms with Crippen molar-refractivity contribution < 1.29 is 14.5 Å². The van der Waals surface area contributed by atoms with Crippen molar-refractivity contribution in [2.75, 3.05) is 6.54 Å². The van der Waals surface area contributed by atoms with Gasteiger partial charge in [-0.05, 0) is 39.7 Å². The highest BCUT2D eigenvalue weighted by Crippen LogP contribution is 2.33. The van der Waals surface area contributed by atoms with Gasteiger partial charge in [-0.1, -0.05) is 0 Å². The van der Waals surface area contributed by atoms with Crippen molar-refractivity contribution >= 4 is 22.8 Å². The molecule has 128 valence electrons. The lowest BCUT2D eigenvalue weighted by Crippen LogP contribution is -2.36. The summed E-state index contributed by atoms with van der Waals surface area (Å²) in [7, 11) is 0. The first kappa shape index (κ1) is 16.2. The number of imidazole rings is 1. The highest BCUT2D eigenvalue weighted by molar-refractivity contribution is 5.78. The Kier molecular flexibility index (Phi) is 3.90. The fraction of sp³-hybridized carbons (Fsp3) is 0.500. The van der Waals surface area contributed by atoms with Gasteiger partial charge in [-0.15, -0.1) is 0 Å². The third kappa shape index (κ3) is 3.17. The molecule has 0 aliphatic carbocycles. The van der Waals surface area contributed by atoms with Crippen LogP contribution >= 0.6 is 0 Å². The second-order valence-corrected chi connectivity index (χ2v) is 6.91. The van der Waals surface area contributed by atoms with E-state index in [0.717, 1.165) is 12.8 Å². The Bertz CT molecular complexity index is 793. The van der Waals surface area contributed by atoms with Crippen molar-refractivity contribution in [3.63, 3.8) is 0 Å². The predicted octanol–water partition coefficient (Wildman–Crippen LogP) is 3.54. The summed E-state index contributed by atoms with van der Waals surface area (Å²) < 4.78 is 5.45. The molecule has 1 N–H and O–H groups in total. The maximum absolute atomic E-state index is 12.4. The third-order valence-electron chi connectivity index (χ3n) is 3.89. The molecular weight excluding hydrogens is 312 g/mol. The molecule has 1 unspecified atom stereocenters. The van der Waals surface area contributed by atoms with Crippen LogP contribution in [0.3, 0.4) is 0 Å². The molecule has 1 fully saturated rings. The molecular formula is C16H20N4O4. The Hall–Kier alpha value is -2.64. The quantitative estimate of drug-likeness (QED) is 0.669. The number of carbonyl (C=O) groups excluding carboxylic acids is 1. The van der Waals surface area contributed by atoms with Crippen molar-refractivity contribution in [2.24, 2.45) is 0 Å². The Balaban J connectivity index is 1.88. The number of aromatic nitrogens is 2. The number of likely N-dealkylation sites (tertiary alicyclic amines) is 1. The minimum Gasteiger partial charge on any atom is -0.444 e. The van der Waals surface area contributed by atoms with Crippen LogP contribution in [0.4, 0.5) is 10.5 Å². The number of ether oxygens (including phenoxy) is 1. The summed E-state index contributed by atoms with van der Waals surface area (Å²) in [5.74, 6) is 0.633. The standard InChI is InChI=1S/C16H20N4O4/c1-16(2,3)24-15(21)19-8-4-5-13(19)14-17-11-7-6-10(20(22)23)9-12(11)18-14/h6-7,9,13H,4-5,8H2,1-3H3,(H,17,18). The first-order valence-electron chi connectivity index (χ1n) is 7.88. The Morgan fingerprint density at radius 1 is 1.46 bits per heavy atom. The lowest BCUT2D eigenvalue weighted by molar-refractivity contribution is -0.384. The predicted molar refractivity (Wildman–Crippen MR) is 87.7 cm³/mol. The molecule has 8 heteroatoms. The van der Waals surface area contributed by atoms with Gasteiger partial charge in [0.25, 0.3) is 5.69 Å². The first-order chi connectivity index (χ1) is 11.2. The van der Waals surface area contributed by atoms with Crippen molar-refractivity contribution in [3.05, 3.63) is 34.1 Å². The van der Waals surface area contributed by atoms with Crippen LogP contribution in [-0.4, -0.2) is 38.0 Å². The fourth-order valence-corrected chi connectivity index (χ4v) is 2.88. The maximum atomic E-state index is 12.4. The number of nitrogens with one attached hydrogen (secondary N) is 1. The number of hydrogen-bond donors (Lipinski definition) is 1. The minimum absolute atomic E-state index is 0.00752. The minimum atomic E-state index is -0.557. The van der Waals surface area contributed by atoms with E-state index in [9.17, 15) is 14.9 Å². The van der Waals surface area contributed by atoms with E-state index in [2.05, 4.69) is 9.97 Å². The number of benzene rings is 1. The number of carbonyl (C=O) groups is 1. The fourth-order valence-electron chi connectivity index (χ4n) is 2.88. The van der Waals surface area contributed by atoms with E-state index >= 15 is 0 Å². The van der Waals surface area contributed by atoms with Crippen LogP contribution in [0, 0.1) is 10.1 Å². The van der Waals surface area contributed by atoms with Crippen LogP contribution in [0.2, 0.25) is 0 Å². The highest BCUT2D eigenvalue weighted by Gasteiger charge is 2.35. The molecule has 1 aliphatic rings. The average molecular weight is 332 g/mol. The number of fused-ring (bicyclic) bond motifs is 1.